The molecule has 0 saturated carbocycles. The summed E-state index contributed by atoms with van der Waals surface area (Å²) in [4.78, 5) is 0. The van der Waals surface area contributed by atoms with Crippen molar-refractivity contribution in [3.63, 3.8) is 0 Å². The van der Waals surface area contributed by atoms with Crippen LogP contribution in [0.5, 0.6) is 0 Å². The normalized spacial score (nSPS) is 11.2. The van der Waals surface area contributed by atoms with Crippen molar-refractivity contribution in [1.29, 1.82) is 0 Å². The highest BCUT2D eigenvalue weighted by Crippen LogP contribution is 2.28. The second-order valence-corrected chi connectivity index (χ2v) is 4.50. The topological polar surface area (TPSA) is 81.4 Å². The van der Waals surface area contributed by atoms with Crippen LogP contribution in [-0.2, 0) is 6.54 Å². The van der Waals surface area contributed by atoms with Crippen molar-refractivity contribution in [2.45, 2.75) is 6.54 Å². The Morgan fingerprint density at radius 1 is 1.39 bits per heavy atom. The van der Waals surface area contributed by atoms with Gasteiger partial charge in [-0.25, -0.2) is 0 Å². The fraction of sp³-hybridized carbons (Fsp3) is 0.222. The number of hydrogen-bond acceptors (Lipinski definition) is 7. The summed E-state index contributed by atoms with van der Waals surface area (Å²) < 4.78 is 10.0. The third kappa shape index (κ3) is 1.74. The first kappa shape index (κ1) is 11.5. The van der Waals surface area contributed by atoms with Crippen LogP contribution in [0.1, 0.15) is 5.82 Å². The van der Waals surface area contributed by atoms with Gasteiger partial charge in [0.2, 0.25) is 0 Å². The molecule has 0 bridgehead atoms. The molecule has 3 aromatic rings. The monoisotopic (exact) mass is 281 g/mol. The van der Waals surface area contributed by atoms with E-state index in [2.05, 4.69) is 29.6 Å². The Hall–Kier alpha value is -1.64. The summed E-state index contributed by atoms with van der Waals surface area (Å²) in [7, 11) is 1.83. The van der Waals surface area contributed by atoms with Crippen molar-refractivity contribution < 1.29 is 0 Å². The molecule has 7 nitrogen and oxygen atoms in total. The van der Waals surface area contributed by atoms with Gasteiger partial charge in [0, 0.05) is 0 Å². The van der Waals surface area contributed by atoms with Crippen molar-refractivity contribution in [2.75, 3.05) is 7.05 Å². The van der Waals surface area contributed by atoms with E-state index in [9.17, 15) is 0 Å². The Bertz CT molecular complexity index is 691. The Morgan fingerprint density at radius 3 is 3.11 bits per heavy atom. The number of halogens is 1. The highest BCUT2D eigenvalue weighted by molar-refractivity contribution is 7.00. The molecule has 3 rings (SSSR count). The number of rotatable bonds is 3. The van der Waals surface area contributed by atoms with Gasteiger partial charge in [0.15, 0.2) is 5.82 Å². The summed E-state index contributed by atoms with van der Waals surface area (Å²) in [5.74, 6) is 0.667. The van der Waals surface area contributed by atoms with E-state index in [4.69, 9.17) is 11.6 Å². The average Bonchev–Trinajstić information content (AvgIpc) is 2.98. The van der Waals surface area contributed by atoms with Crippen LogP contribution in [0.25, 0.3) is 16.7 Å². The molecule has 0 amide bonds. The smallest absolute Gasteiger partial charge is 0.170 e. The fourth-order valence-corrected chi connectivity index (χ4v) is 2.43. The van der Waals surface area contributed by atoms with Crippen LogP contribution in [0.4, 0.5) is 0 Å². The quantitative estimate of drug-likeness (QED) is 0.772. The summed E-state index contributed by atoms with van der Waals surface area (Å²) in [6, 6.07) is 3.60. The number of nitrogens with zero attached hydrogens (tertiary/aromatic N) is 6. The van der Waals surface area contributed by atoms with Gasteiger partial charge in [0.25, 0.3) is 0 Å². The molecule has 2 heterocycles. The third-order valence-corrected chi connectivity index (χ3v) is 3.28. The standard InChI is InChI=1S/C9H8ClN7S/c1-11-4-7-12-15-16-17(7)9-5(10)2-3-6-8(9)14-18-13-6/h2-3,11H,4H2,1H3. The molecule has 0 unspecified atom stereocenters. The van der Waals surface area contributed by atoms with E-state index in [1.165, 1.54) is 0 Å². The molecule has 1 aromatic carbocycles. The van der Waals surface area contributed by atoms with Crippen LogP contribution in [0.2, 0.25) is 5.02 Å². The molecule has 0 spiro atoms. The zero-order valence-corrected chi connectivity index (χ0v) is 10.9. The maximum Gasteiger partial charge on any atom is 0.170 e. The highest BCUT2D eigenvalue weighted by Gasteiger charge is 2.16. The SMILES string of the molecule is CNCc1nnnn1-c1c(Cl)ccc2nsnc12. The summed E-state index contributed by atoms with van der Waals surface area (Å²) in [6.45, 7) is 0.539. The maximum atomic E-state index is 6.22. The van der Waals surface area contributed by atoms with Crippen LogP contribution < -0.4 is 5.32 Å². The van der Waals surface area contributed by atoms with E-state index in [0.717, 1.165) is 17.2 Å². The van der Waals surface area contributed by atoms with Gasteiger partial charge in [-0.1, -0.05) is 11.6 Å². The molecule has 0 atom stereocenters. The Kier molecular flexibility index (Phi) is 2.90. The lowest BCUT2D eigenvalue weighted by atomic mass is 10.2. The molecule has 1 N–H and O–H groups in total. The first-order chi connectivity index (χ1) is 8.81. The number of tetrazole rings is 1. The van der Waals surface area contributed by atoms with Gasteiger partial charge in [0.1, 0.15) is 16.7 Å². The molecule has 18 heavy (non-hydrogen) atoms. The minimum absolute atomic E-state index is 0.539. The van der Waals surface area contributed by atoms with E-state index in [1.54, 1.807) is 10.7 Å². The lowest BCUT2D eigenvalue weighted by molar-refractivity contribution is 0.711. The molecular weight excluding hydrogens is 274 g/mol. The molecule has 2 aromatic heterocycles. The minimum Gasteiger partial charge on any atom is -0.313 e. The molecule has 0 radical (unpaired) electrons. The van der Waals surface area contributed by atoms with Crippen LogP contribution >= 0.6 is 23.3 Å². The molecule has 0 fully saturated rings. The Balaban J connectivity index is 2.26. The lowest BCUT2D eigenvalue weighted by Gasteiger charge is -2.06. The number of benzene rings is 1. The van der Waals surface area contributed by atoms with Crippen LogP contribution in [0.15, 0.2) is 12.1 Å². The van der Waals surface area contributed by atoms with Gasteiger partial charge >= 0.3 is 0 Å². The molecular formula is C9H8ClN7S. The summed E-state index contributed by atoms with van der Waals surface area (Å²) >= 11 is 7.36. The van der Waals surface area contributed by atoms with Crippen LogP contribution in [-0.4, -0.2) is 36.0 Å². The van der Waals surface area contributed by atoms with Crippen LogP contribution in [0.3, 0.4) is 0 Å². The molecule has 0 aliphatic rings. The molecule has 9 heteroatoms. The highest BCUT2D eigenvalue weighted by atomic mass is 35.5. The molecule has 0 saturated heterocycles. The van der Waals surface area contributed by atoms with Gasteiger partial charge in [-0.05, 0) is 29.6 Å². The Labute approximate surface area is 111 Å². The van der Waals surface area contributed by atoms with E-state index < -0.39 is 0 Å². The number of hydrogen-bond donors (Lipinski definition) is 1. The fourth-order valence-electron chi connectivity index (χ4n) is 1.66. The van der Waals surface area contributed by atoms with Crippen molar-refractivity contribution in [1.82, 2.24) is 34.3 Å². The van der Waals surface area contributed by atoms with Crippen molar-refractivity contribution in [3.8, 4) is 5.69 Å². The first-order valence-electron chi connectivity index (χ1n) is 5.14. The lowest BCUT2D eigenvalue weighted by Crippen LogP contribution is -2.12. The average molecular weight is 282 g/mol. The van der Waals surface area contributed by atoms with E-state index in [0.29, 0.717) is 28.6 Å². The van der Waals surface area contributed by atoms with Gasteiger partial charge in [0.05, 0.1) is 23.3 Å². The predicted molar refractivity (Wildman–Crippen MR) is 67.9 cm³/mol. The predicted octanol–water partition coefficient (Wildman–Crippen LogP) is 1.04. The minimum atomic E-state index is 0.539. The summed E-state index contributed by atoms with van der Waals surface area (Å²) in [5, 5.41) is 15.1. The van der Waals surface area contributed by atoms with Gasteiger partial charge in [-0.3, -0.25) is 0 Å². The van der Waals surface area contributed by atoms with E-state index >= 15 is 0 Å². The zero-order chi connectivity index (χ0) is 12.5. The third-order valence-electron chi connectivity index (χ3n) is 2.43. The van der Waals surface area contributed by atoms with Crippen LogP contribution in [0, 0.1) is 0 Å². The molecule has 0 aliphatic heterocycles. The van der Waals surface area contributed by atoms with Gasteiger partial charge in [-0.15, -0.1) is 5.10 Å². The molecule has 0 aliphatic carbocycles. The van der Waals surface area contributed by atoms with Gasteiger partial charge < -0.3 is 5.32 Å². The van der Waals surface area contributed by atoms with E-state index in [-0.39, 0.29) is 0 Å². The van der Waals surface area contributed by atoms with Crippen molar-refractivity contribution >= 4 is 34.4 Å². The number of nitrogens with one attached hydrogen (secondary N) is 1. The summed E-state index contributed by atoms with van der Waals surface area (Å²) in [5.41, 5.74) is 2.15. The number of aromatic nitrogens is 6. The van der Waals surface area contributed by atoms with Crippen molar-refractivity contribution in [3.05, 3.63) is 23.0 Å². The second-order valence-electron chi connectivity index (χ2n) is 3.57. The second kappa shape index (κ2) is 4.56. The van der Waals surface area contributed by atoms with Crippen molar-refractivity contribution in [2.24, 2.45) is 0 Å². The Morgan fingerprint density at radius 2 is 2.28 bits per heavy atom. The zero-order valence-electron chi connectivity index (χ0n) is 9.33. The van der Waals surface area contributed by atoms with E-state index in [1.807, 2.05) is 13.1 Å². The maximum absolute atomic E-state index is 6.22. The molecule has 92 valence electrons. The largest absolute Gasteiger partial charge is 0.313 e. The number of fused-ring (bicyclic) bond motifs is 1. The summed E-state index contributed by atoms with van der Waals surface area (Å²) in [6.07, 6.45) is 0. The van der Waals surface area contributed by atoms with Gasteiger partial charge in [-0.2, -0.15) is 13.4 Å². The first-order valence-corrected chi connectivity index (χ1v) is 6.25.